The van der Waals surface area contributed by atoms with Crippen molar-refractivity contribution in [2.24, 2.45) is 0 Å². The monoisotopic (exact) mass is 303 g/mol. The van der Waals surface area contributed by atoms with Crippen LogP contribution in [0.3, 0.4) is 0 Å². The van der Waals surface area contributed by atoms with Gasteiger partial charge in [0.05, 0.1) is 5.02 Å². The summed E-state index contributed by atoms with van der Waals surface area (Å²) in [5.74, 6) is -0.185. The van der Waals surface area contributed by atoms with Gasteiger partial charge in [-0.2, -0.15) is 4.68 Å². The predicted octanol–water partition coefficient (Wildman–Crippen LogP) is 3.01. The van der Waals surface area contributed by atoms with E-state index in [1.54, 1.807) is 18.2 Å². The number of nitrogen functional groups attached to an aromatic ring is 1. The summed E-state index contributed by atoms with van der Waals surface area (Å²) in [6.45, 7) is 1.90. The largest absolute Gasteiger partial charge is 0.398 e. The molecule has 0 fully saturated rings. The summed E-state index contributed by atoms with van der Waals surface area (Å²) >= 11 is 5.80. The number of anilines is 1. The lowest BCUT2D eigenvalue weighted by atomic mass is 10.1. The topological polar surface area (TPSA) is 69.6 Å². The fourth-order valence-electron chi connectivity index (χ4n) is 1.96. The maximum Gasteiger partial charge on any atom is 0.187 e. The number of rotatable bonds is 2. The smallest absolute Gasteiger partial charge is 0.187 e. The van der Waals surface area contributed by atoms with Crippen LogP contribution in [0.4, 0.5) is 10.1 Å². The highest BCUT2D eigenvalue weighted by Crippen LogP contribution is 2.26. The standard InChI is InChI=1S/C14H11ClFN5/c1-8-5-6-9(7-11(8)17)14-18-19-20-21(14)12-4-2-3-10(15)13(12)16/h2-7H,17H2,1H3. The van der Waals surface area contributed by atoms with E-state index in [0.29, 0.717) is 17.1 Å². The van der Waals surface area contributed by atoms with Crippen LogP contribution in [0, 0.1) is 12.7 Å². The lowest BCUT2D eigenvalue weighted by molar-refractivity contribution is 0.608. The summed E-state index contributed by atoms with van der Waals surface area (Å²) in [5.41, 5.74) is 8.35. The minimum Gasteiger partial charge on any atom is -0.398 e. The van der Waals surface area contributed by atoms with E-state index in [1.165, 1.54) is 10.7 Å². The molecule has 0 amide bonds. The number of aryl methyl sites for hydroxylation is 1. The van der Waals surface area contributed by atoms with Gasteiger partial charge < -0.3 is 5.73 Å². The quantitative estimate of drug-likeness (QED) is 0.739. The van der Waals surface area contributed by atoms with Gasteiger partial charge in [0.15, 0.2) is 11.6 Å². The number of benzene rings is 2. The molecule has 2 aromatic carbocycles. The van der Waals surface area contributed by atoms with Crippen molar-refractivity contribution in [3.63, 3.8) is 0 Å². The van der Waals surface area contributed by atoms with E-state index in [2.05, 4.69) is 15.5 Å². The Morgan fingerprint density at radius 1 is 1.24 bits per heavy atom. The van der Waals surface area contributed by atoms with Crippen LogP contribution in [-0.4, -0.2) is 20.2 Å². The third-order valence-corrected chi connectivity index (χ3v) is 3.46. The van der Waals surface area contributed by atoms with Gasteiger partial charge in [0.1, 0.15) is 5.69 Å². The molecule has 0 bridgehead atoms. The number of hydrogen-bond acceptors (Lipinski definition) is 4. The van der Waals surface area contributed by atoms with Gasteiger partial charge in [-0.1, -0.05) is 29.8 Å². The average Bonchev–Trinajstić information content (AvgIpc) is 2.94. The lowest BCUT2D eigenvalue weighted by Crippen LogP contribution is -2.03. The van der Waals surface area contributed by atoms with Crippen molar-refractivity contribution in [1.82, 2.24) is 20.2 Å². The second-order valence-corrected chi connectivity index (χ2v) is 4.97. The number of aromatic nitrogens is 4. The first kappa shape index (κ1) is 13.5. The number of hydrogen-bond donors (Lipinski definition) is 1. The maximum absolute atomic E-state index is 14.1. The zero-order chi connectivity index (χ0) is 15.0. The number of nitrogens with two attached hydrogens (primary N) is 1. The molecule has 0 saturated heterocycles. The minimum absolute atomic E-state index is 0.0115. The van der Waals surface area contributed by atoms with Crippen molar-refractivity contribution in [1.29, 1.82) is 0 Å². The third kappa shape index (κ3) is 2.34. The van der Waals surface area contributed by atoms with Gasteiger partial charge in [0.2, 0.25) is 0 Å². The van der Waals surface area contributed by atoms with Gasteiger partial charge in [-0.05, 0) is 41.1 Å². The van der Waals surface area contributed by atoms with E-state index in [4.69, 9.17) is 17.3 Å². The van der Waals surface area contributed by atoms with E-state index in [-0.39, 0.29) is 10.7 Å². The Kier molecular flexibility index (Phi) is 3.31. The summed E-state index contributed by atoms with van der Waals surface area (Å²) in [4.78, 5) is 0. The molecule has 0 aliphatic rings. The summed E-state index contributed by atoms with van der Waals surface area (Å²) in [6, 6.07) is 10.1. The Morgan fingerprint density at radius 2 is 2.05 bits per heavy atom. The fourth-order valence-corrected chi connectivity index (χ4v) is 2.13. The van der Waals surface area contributed by atoms with E-state index >= 15 is 0 Å². The molecule has 0 atom stereocenters. The molecule has 3 rings (SSSR count). The molecule has 106 valence electrons. The van der Waals surface area contributed by atoms with Crippen LogP contribution in [0.15, 0.2) is 36.4 Å². The SMILES string of the molecule is Cc1ccc(-c2nnnn2-c2cccc(Cl)c2F)cc1N. The molecule has 5 nitrogen and oxygen atoms in total. The molecule has 1 aromatic heterocycles. The molecule has 0 aliphatic carbocycles. The van der Waals surface area contributed by atoms with Crippen LogP contribution in [-0.2, 0) is 0 Å². The predicted molar refractivity (Wildman–Crippen MR) is 78.7 cm³/mol. The second kappa shape index (κ2) is 5.14. The van der Waals surface area contributed by atoms with Crippen molar-refractivity contribution in [3.05, 3.63) is 52.8 Å². The first-order valence-corrected chi connectivity index (χ1v) is 6.55. The average molecular weight is 304 g/mol. The van der Waals surface area contributed by atoms with E-state index in [9.17, 15) is 4.39 Å². The Bertz CT molecular complexity index is 815. The molecule has 0 unspecified atom stereocenters. The normalized spacial score (nSPS) is 10.8. The molecule has 1 heterocycles. The molecule has 0 spiro atoms. The minimum atomic E-state index is -0.576. The third-order valence-electron chi connectivity index (χ3n) is 3.17. The van der Waals surface area contributed by atoms with Crippen LogP contribution in [0.5, 0.6) is 0 Å². The molecule has 7 heteroatoms. The first-order chi connectivity index (χ1) is 10.1. The summed E-state index contributed by atoms with van der Waals surface area (Å²) in [6.07, 6.45) is 0. The van der Waals surface area contributed by atoms with Gasteiger partial charge in [-0.3, -0.25) is 0 Å². The first-order valence-electron chi connectivity index (χ1n) is 6.17. The van der Waals surface area contributed by atoms with Crippen molar-refractivity contribution in [2.45, 2.75) is 6.92 Å². The number of nitrogens with zero attached hydrogens (tertiary/aromatic N) is 4. The van der Waals surface area contributed by atoms with Crippen LogP contribution in [0.2, 0.25) is 5.02 Å². The second-order valence-electron chi connectivity index (χ2n) is 4.56. The van der Waals surface area contributed by atoms with Crippen LogP contribution < -0.4 is 5.73 Å². The van der Waals surface area contributed by atoms with Crippen LogP contribution in [0.1, 0.15) is 5.56 Å². The maximum atomic E-state index is 14.1. The zero-order valence-electron chi connectivity index (χ0n) is 11.1. The Labute approximate surface area is 125 Å². The molecular formula is C14H11ClFN5. The van der Waals surface area contributed by atoms with Gasteiger partial charge in [0, 0.05) is 11.3 Å². The Balaban J connectivity index is 2.17. The summed E-state index contributed by atoms with van der Waals surface area (Å²) in [5, 5.41) is 11.4. The van der Waals surface area contributed by atoms with E-state index < -0.39 is 5.82 Å². The lowest BCUT2D eigenvalue weighted by Gasteiger charge is -2.08. The van der Waals surface area contributed by atoms with Crippen LogP contribution in [0.25, 0.3) is 17.1 Å². The van der Waals surface area contributed by atoms with Gasteiger partial charge in [0.25, 0.3) is 0 Å². The molecule has 0 saturated carbocycles. The number of tetrazole rings is 1. The molecule has 0 aliphatic heterocycles. The van der Waals surface area contributed by atoms with Crippen molar-refractivity contribution >= 4 is 17.3 Å². The Hall–Kier alpha value is -2.47. The molecule has 3 aromatic rings. The van der Waals surface area contributed by atoms with Gasteiger partial charge >= 0.3 is 0 Å². The highest BCUT2D eigenvalue weighted by molar-refractivity contribution is 6.30. The highest BCUT2D eigenvalue weighted by Gasteiger charge is 2.16. The van der Waals surface area contributed by atoms with Crippen molar-refractivity contribution in [2.75, 3.05) is 5.73 Å². The highest BCUT2D eigenvalue weighted by atomic mass is 35.5. The van der Waals surface area contributed by atoms with Crippen LogP contribution >= 0.6 is 11.6 Å². The Morgan fingerprint density at radius 3 is 2.81 bits per heavy atom. The number of halogens is 2. The van der Waals surface area contributed by atoms with Gasteiger partial charge in [-0.15, -0.1) is 5.10 Å². The molecule has 21 heavy (non-hydrogen) atoms. The summed E-state index contributed by atoms with van der Waals surface area (Å²) in [7, 11) is 0. The van der Waals surface area contributed by atoms with Crippen molar-refractivity contribution < 1.29 is 4.39 Å². The molecule has 0 radical (unpaired) electrons. The van der Waals surface area contributed by atoms with Gasteiger partial charge in [-0.25, -0.2) is 4.39 Å². The molecule has 2 N–H and O–H groups in total. The van der Waals surface area contributed by atoms with Crippen molar-refractivity contribution in [3.8, 4) is 17.1 Å². The fraction of sp³-hybridized carbons (Fsp3) is 0.0714. The summed E-state index contributed by atoms with van der Waals surface area (Å²) < 4.78 is 15.4. The zero-order valence-corrected chi connectivity index (χ0v) is 11.8. The molecular weight excluding hydrogens is 293 g/mol. The van der Waals surface area contributed by atoms with E-state index in [0.717, 1.165) is 5.56 Å². The van der Waals surface area contributed by atoms with E-state index in [1.807, 2.05) is 19.1 Å².